The lowest BCUT2D eigenvalue weighted by Crippen LogP contribution is -2.36. The summed E-state index contributed by atoms with van der Waals surface area (Å²) in [6.07, 6.45) is 3.24. The zero-order chi connectivity index (χ0) is 12.4. The van der Waals surface area contributed by atoms with E-state index in [0.29, 0.717) is 12.1 Å². The van der Waals surface area contributed by atoms with Crippen LogP contribution in [0.25, 0.3) is 10.9 Å². The van der Waals surface area contributed by atoms with Crippen molar-refractivity contribution in [1.29, 1.82) is 0 Å². The summed E-state index contributed by atoms with van der Waals surface area (Å²) in [4.78, 5) is 5.76. The van der Waals surface area contributed by atoms with Crippen molar-refractivity contribution in [2.45, 2.75) is 39.3 Å². The Morgan fingerprint density at radius 1 is 1.18 bits per heavy atom. The van der Waals surface area contributed by atoms with E-state index in [2.05, 4.69) is 68.2 Å². The monoisotopic (exact) mass is 230 g/mol. The summed E-state index contributed by atoms with van der Waals surface area (Å²) in [6.45, 7) is 6.78. The van der Waals surface area contributed by atoms with E-state index in [1.807, 2.05) is 0 Å². The van der Waals surface area contributed by atoms with E-state index < -0.39 is 0 Å². The zero-order valence-electron chi connectivity index (χ0n) is 11.2. The van der Waals surface area contributed by atoms with Crippen LogP contribution in [-0.4, -0.2) is 29.0 Å². The zero-order valence-corrected chi connectivity index (χ0v) is 11.2. The van der Waals surface area contributed by atoms with Gasteiger partial charge in [0.1, 0.15) is 0 Å². The highest BCUT2D eigenvalue weighted by Crippen LogP contribution is 2.20. The van der Waals surface area contributed by atoms with Gasteiger partial charge in [0.15, 0.2) is 0 Å². The molecule has 1 N–H and O–H groups in total. The first-order chi connectivity index (χ1) is 8.09. The molecule has 0 spiro atoms. The molecule has 0 saturated carbocycles. The predicted molar refractivity (Wildman–Crippen MR) is 74.4 cm³/mol. The lowest BCUT2D eigenvalue weighted by Gasteiger charge is -2.28. The Balaban J connectivity index is 2.18. The number of aromatic nitrogens is 1. The van der Waals surface area contributed by atoms with Crippen molar-refractivity contribution in [1.82, 2.24) is 9.88 Å². The highest BCUT2D eigenvalue weighted by molar-refractivity contribution is 5.83. The van der Waals surface area contributed by atoms with Crippen LogP contribution in [-0.2, 0) is 6.42 Å². The summed E-state index contributed by atoms with van der Waals surface area (Å²) in [7, 11) is 2.20. The molecule has 2 nitrogen and oxygen atoms in total. The van der Waals surface area contributed by atoms with Gasteiger partial charge in [0, 0.05) is 29.2 Å². The fourth-order valence-corrected chi connectivity index (χ4v) is 2.27. The van der Waals surface area contributed by atoms with Crippen LogP contribution in [0.3, 0.4) is 0 Å². The van der Waals surface area contributed by atoms with Gasteiger partial charge in [-0.25, -0.2) is 0 Å². The van der Waals surface area contributed by atoms with E-state index in [-0.39, 0.29) is 0 Å². The first-order valence-electron chi connectivity index (χ1n) is 6.36. The summed E-state index contributed by atoms with van der Waals surface area (Å²) in [5.41, 5.74) is 2.66. The second-order valence-corrected chi connectivity index (χ2v) is 5.17. The Morgan fingerprint density at radius 3 is 2.59 bits per heavy atom. The molecule has 0 aliphatic carbocycles. The van der Waals surface area contributed by atoms with E-state index in [4.69, 9.17) is 0 Å². The van der Waals surface area contributed by atoms with Crippen LogP contribution in [0, 0.1) is 0 Å². The molecule has 1 atom stereocenters. The molecule has 0 amide bonds. The molecule has 92 valence electrons. The van der Waals surface area contributed by atoms with Gasteiger partial charge in [-0.05, 0) is 45.9 Å². The largest absolute Gasteiger partial charge is 0.361 e. The van der Waals surface area contributed by atoms with E-state index >= 15 is 0 Å². The molecule has 0 bridgehead atoms. The normalized spacial score (nSPS) is 13.8. The summed E-state index contributed by atoms with van der Waals surface area (Å²) >= 11 is 0. The molecule has 2 heteroatoms. The number of aromatic amines is 1. The Kier molecular flexibility index (Phi) is 3.53. The molecule has 0 saturated heterocycles. The van der Waals surface area contributed by atoms with Gasteiger partial charge in [0.25, 0.3) is 0 Å². The molecule has 0 fully saturated rings. The van der Waals surface area contributed by atoms with Crippen LogP contribution in [0.2, 0.25) is 0 Å². The van der Waals surface area contributed by atoms with Crippen LogP contribution >= 0.6 is 0 Å². The van der Waals surface area contributed by atoms with Gasteiger partial charge in [-0.2, -0.15) is 0 Å². The van der Waals surface area contributed by atoms with Crippen molar-refractivity contribution >= 4 is 10.9 Å². The van der Waals surface area contributed by atoms with Crippen molar-refractivity contribution in [3.63, 3.8) is 0 Å². The van der Waals surface area contributed by atoms with Crippen LogP contribution in [0.4, 0.5) is 0 Å². The van der Waals surface area contributed by atoms with Gasteiger partial charge in [-0.3, -0.25) is 0 Å². The van der Waals surface area contributed by atoms with Gasteiger partial charge in [0.2, 0.25) is 0 Å². The number of fused-ring (bicyclic) bond motifs is 1. The van der Waals surface area contributed by atoms with E-state index in [0.717, 1.165) is 6.42 Å². The fraction of sp³-hybridized carbons (Fsp3) is 0.467. The minimum atomic E-state index is 0.564. The number of hydrogen-bond acceptors (Lipinski definition) is 1. The Morgan fingerprint density at radius 2 is 1.88 bits per heavy atom. The Hall–Kier alpha value is -1.28. The molecule has 1 aromatic heterocycles. The third-order valence-electron chi connectivity index (χ3n) is 3.70. The van der Waals surface area contributed by atoms with Gasteiger partial charge >= 0.3 is 0 Å². The maximum absolute atomic E-state index is 3.34. The highest BCUT2D eigenvalue weighted by atomic mass is 15.1. The second kappa shape index (κ2) is 4.92. The minimum Gasteiger partial charge on any atom is -0.361 e. The van der Waals surface area contributed by atoms with Crippen molar-refractivity contribution in [3.8, 4) is 0 Å². The third-order valence-corrected chi connectivity index (χ3v) is 3.70. The average Bonchev–Trinajstić information content (AvgIpc) is 2.71. The van der Waals surface area contributed by atoms with Crippen LogP contribution < -0.4 is 0 Å². The number of para-hydroxylation sites is 1. The van der Waals surface area contributed by atoms with E-state index in [9.17, 15) is 0 Å². The molecule has 17 heavy (non-hydrogen) atoms. The summed E-state index contributed by atoms with van der Waals surface area (Å²) in [5, 5.41) is 1.36. The van der Waals surface area contributed by atoms with Gasteiger partial charge in [-0.1, -0.05) is 18.2 Å². The molecular formula is C15H22N2. The molecule has 0 unspecified atom stereocenters. The molecule has 0 aliphatic heterocycles. The molecule has 1 aromatic carbocycles. The van der Waals surface area contributed by atoms with Crippen molar-refractivity contribution in [2.24, 2.45) is 0 Å². The van der Waals surface area contributed by atoms with Crippen molar-refractivity contribution < 1.29 is 0 Å². The Labute approximate surface area is 104 Å². The topological polar surface area (TPSA) is 19.0 Å². The van der Waals surface area contributed by atoms with Crippen molar-refractivity contribution in [2.75, 3.05) is 7.05 Å². The number of nitrogens with zero attached hydrogens (tertiary/aromatic N) is 1. The molecule has 0 aliphatic rings. The van der Waals surface area contributed by atoms with E-state index in [1.54, 1.807) is 0 Å². The number of likely N-dealkylation sites (N-methyl/N-ethyl adjacent to an activating group) is 1. The smallest absolute Gasteiger partial charge is 0.0456 e. The summed E-state index contributed by atoms with van der Waals surface area (Å²) in [5.74, 6) is 0. The number of H-pyrrole nitrogens is 1. The standard InChI is InChI=1S/C15H22N2/c1-11(2)17(4)12(3)9-13-10-16-15-8-6-5-7-14(13)15/h5-8,10-12,16H,9H2,1-4H3/t12-/m1/s1. The van der Waals surface area contributed by atoms with Crippen LogP contribution in [0.5, 0.6) is 0 Å². The molecule has 2 rings (SSSR count). The highest BCUT2D eigenvalue weighted by Gasteiger charge is 2.14. The van der Waals surface area contributed by atoms with Gasteiger partial charge < -0.3 is 9.88 Å². The second-order valence-electron chi connectivity index (χ2n) is 5.17. The SMILES string of the molecule is CC(C)N(C)[C@H](C)Cc1c[nH]c2ccccc12. The van der Waals surface area contributed by atoms with Crippen molar-refractivity contribution in [3.05, 3.63) is 36.0 Å². The fourth-order valence-electron chi connectivity index (χ4n) is 2.27. The number of rotatable bonds is 4. The van der Waals surface area contributed by atoms with Gasteiger partial charge in [0.05, 0.1) is 0 Å². The number of nitrogens with one attached hydrogen (secondary N) is 1. The lowest BCUT2D eigenvalue weighted by molar-refractivity contribution is 0.207. The molecule has 0 radical (unpaired) electrons. The maximum atomic E-state index is 3.34. The molecule has 2 aromatic rings. The van der Waals surface area contributed by atoms with Crippen LogP contribution in [0.15, 0.2) is 30.5 Å². The lowest BCUT2D eigenvalue weighted by atomic mass is 10.0. The molecular weight excluding hydrogens is 208 g/mol. The van der Waals surface area contributed by atoms with E-state index in [1.165, 1.54) is 16.5 Å². The number of hydrogen-bond donors (Lipinski definition) is 1. The summed E-state index contributed by atoms with van der Waals surface area (Å²) in [6, 6.07) is 9.67. The first kappa shape index (κ1) is 12.2. The quantitative estimate of drug-likeness (QED) is 0.852. The van der Waals surface area contributed by atoms with Crippen LogP contribution in [0.1, 0.15) is 26.3 Å². The third kappa shape index (κ3) is 2.52. The Bertz CT molecular complexity index is 484. The van der Waals surface area contributed by atoms with Gasteiger partial charge in [-0.15, -0.1) is 0 Å². The summed E-state index contributed by atoms with van der Waals surface area (Å²) < 4.78 is 0. The first-order valence-corrected chi connectivity index (χ1v) is 6.36. The average molecular weight is 230 g/mol. The molecule has 1 heterocycles. The number of benzene rings is 1. The predicted octanol–water partition coefficient (Wildman–Crippen LogP) is 3.44. The maximum Gasteiger partial charge on any atom is 0.0456 e. The minimum absolute atomic E-state index is 0.564.